The highest BCUT2D eigenvalue weighted by Gasteiger charge is 2.21. The number of aryl methyl sites for hydroxylation is 1. The number of nitrogens with one attached hydrogen (secondary N) is 1. The molecule has 0 bridgehead atoms. The summed E-state index contributed by atoms with van der Waals surface area (Å²) in [6.45, 7) is 3.42. The van der Waals surface area contributed by atoms with E-state index in [4.69, 9.17) is 4.99 Å². The molecule has 0 atom stereocenters. The summed E-state index contributed by atoms with van der Waals surface area (Å²) in [5.41, 5.74) is 0.806. The topological polar surface area (TPSA) is 99.7 Å². The molecule has 1 heterocycles. The normalized spacial score (nSPS) is 21.0. The lowest BCUT2D eigenvalue weighted by molar-refractivity contribution is 0.0869. The van der Waals surface area contributed by atoms with Crippen molar-refractivity contribution >= 4 is 17.2 Å². The van der Waals surface area contributed by atoms with Crippen LogP contribution in [0.15, 0.2) is 29.3 Å². The van der Waals surface area contributed by atoms with Gasteiger partial charge in [0.15, 0.2) is 0 Å². The average molecular weight is 405 g/mol. The first-order valence-corrected chi connectivity index (χ1v) is 10.4. The number of carbonyl (C=O) groups excluding carboxylic acids is 1. The van der Waals surface area contributed by atoms with Crippen LogP contribution in [0.4, 0.5) is 0 Å². The summed E-state index contributed by atoms with van der Waals surface area (Å²) in [7, 11) is 1.88. The van der Waals surface area contributed by atoms with Crippen LogP contribution in [0.1, 0.15) is 49.9 Å². The Morgan fingerprint density at radius 2 is 1.93 bits per heavy atom. The molecule has 1 aromatic heterocycles. The molecule has 1 aliphatic carbocycles. The van der Waals surface area contributed by atoms with Crippen LogP contribution >= 0.6 is 11.3 Å². The Labute approximate surface area is 168 Å². The Balaban J connectivity index is 1.75. The van der Waals surface area contributed by atoms with Crippen LogP contribution in [0.3, 0.4) is 0 Å². The molecule has 0 saturated heterocycles. The third-order valence-corrected chi connectivity index (χ3v) is 5.97. The predicted molar refractivity (Wildman–Crippen MR) is 109 cm³/mol. The Morgan fingerprint density at radius 1 is 1.29 bits per heavy atom. The summed E-state index contributed by atoms with van der Waals surface area (Å²) in [4.78, 5) is 18.0. The molecule has 0 aliphatic heterocycles. The second kappa shape index (κ2) is 8.55. The largest absolute Gasteiger partial charge is 0.394 e. The first-order valence-electron chi connectivity index (χ1n) is 9.57. The number of nitrogens with zero attached hydrogens (tertiary/aromatic N) is 3. The fraction of sp³-hybridized carbons (Fsp3) is 0.550. The highest BCUT2D eigenvalue weighted by molar-refractivity contribution is 7.12. The highest BCUT2D eigenvalue weighted by Crippen LogP contribution is 2.22. The zero-order chi connectivity index (χ0) is 20.3. The van der Waals surface area contributed by atoms with Crippen molar-refractivity contribution in [3.63, 3.8) is 0 Å². The van der Waals surface area contributed by atoms with Crippen molar-refractivity contribution in [2.24, 2.45) is 12.0 Å². The Hall–Kier alpha value is -2.03. The van der Waals surface area contributed by atoms with Gasteiger partial charge in [0.05, 0.1) is 24.3 Å². The summed E-state index contributed by atoms with van der Waals surface area (Å²) in [6.07, 6.45) is 3.24. The minimum atomic E-state index is -0.662. The van der Waals surface area contributed by atoms with E-state index < -0.39 is 5.54 Å². The van der Waals surface area contributed by atoms with E-state index in [9.17, 15) is 15.0 Å². The first kappa shape index (κ1) is 20.7. The number of hydrogen-bond acceptors (Lipinski definition) is 6. The highest BCUT2D eigenvalue weighted by atomic mass is 32.1. The number of hydrogen-bond donors (Lipinski definition) is 3. The van der Waals surface area contributed by atoms with Crippen LogP contribution in [0.2, 0.25) is 0 Å². The predicted octanol–water partition coefficient (Wildman–Crippen LogP) is 1.85. The summed E-state index contributed by atoms with van der Waals surface area (Å²) in [5, 5.41) is 27.2. The summed E-state index contributed by atoms with van der Waals surface area (Å²) < 4.78 is 1.79. The molecule has 7 nitrogen and oxygen atoms in total. The molecule has 28 heavy (non-hydrogen) atoms. The van der Waals surface area contributed by atoms with Crippen molar-refractivity contribution in [3.05, 3.63) is 34.6 Å². The van der Waals surface area contributed by atoms with E-state index in [0.29, 0.717) is 5.56 Å². The van der Waals surface area contributed by atoms with Gasteiger partial charge >= 0.3 is 0 Å². The second-order valence-corrected chi connectivity index (χ2v) is 8.93. The van der Waals surface area contributed by atoms with Gasteiger partial charge in [0.2, 0.25) is 4.80 Å². The molecule has 2 aromatic rings. The van der Waals surface area contributed by atoms with Crippen molar-refractivity contribution < 1.29 is 15.0 Å². The Morgan fingerprint density at radius 3 is 2.54 bits per heavy atom. The SMILES string of the molecule is Cn1nc(-c2ccc(C(=O)NC(C)(C)CO)cc2)s/c1=N/C1CCC(O)CC1. The van der Waals surface area contributed by atoms with Gasteiger partial charge in [-0.1, -0.05) is 23.5 Å². The summed E-state index contributed by atoms with van der Waals surface area (Å²) >= 11 is 1.52. The molecule has 0 radical (unpaired) electrons. The maximum atomic E-state index is 12.3. The van der Waals surface area contributed by atoms with E-state index in [1.807, 2.05) is 19.2 Å². The van der Waals surface area contributed by atoms with Gasteiger partial charge in [0.1, 0.15) is 5.01 Å². The molecule has 3 rings (SSSR count). The van der Waals surface area contributed by atoms with E-state index in [0.717, 1.165) is 41.1 Å². The van der Waals surface area contributed by atoms with Crippen LogP contribution in [0.5, 0.6) is 0 Å². The van der Waals surface area contributed by atoms with E-state index >= 15 is 0 Å². The monoisotopic (exact) mass is 404 g/mol. The van der Waals surface area contributed by atoms with Gasteiger partial charge in [0, 0.05) is 18.2 Å². The quantitative estimate of drug-likeness (QED) is 0.708. The molecule has 8 heteroatoms. The molecule has 1 aromatic carbocycles. The maximum absolute atomic E-state index is 12.3. The molecular formula is C20H28N4O3S. The number of aromatic nitrogens is 2. The molecule has 3 N–H and O–H groups in total. The van der Waals surface area contributed by atoms with Crippen molar-refractivity contribution in [2.45, 2.75) is 57.2 Å². The zero-order valence-corrected chi connectivity index (χ0v) is 17.4. The lowest BCUT2D eigenvalue weighted by Crippen LogP contribution is -2.46. The van der Waals surface area contributed by atoms with E-state index in [2.05, 4.69) is 10.4 Å². The third kappa shape index (κ3) is 5.06. The van der Waals surface area contributed by atoms with Crippen LogP contribution in [0.25, 0.3) is 10.6 Å². The molecule has 1 amide bonds. The van der Waals surface area contributed by atoms with Crippen molar-refractivity contribution in [1.29, 1.82) is 0 Å². The lowest BCUT2D eigenvalue weighted by atomic mass is 9.94. The van der Waals surface area contributed by atoms with Crippen LogP contribution in [-0.2, 0) is 7.05 Å². The molecule has 0 unspecified atom stereocenters. The molecule has 1 saturated carbocycles. The average Bonchev–Trinajstić information content (AvgIpc) is 3.04. The Kier molecular flexibility index (Phi) is 6.32. The van der Waals surface area contributed by atoms with Gasteiger partial charge in [-0.25, -0.2) is 4.68 Å². The number of benzene rings is 1. The molecule has 0 spiro atoms. The zero-order valence-electron chi connectivity index (χ0n) is 16.6. The van der Waals surface area contributed by atoms with E-state index in [1.165, 1.54) is 11.3 Å². The summed E-state index contributed by atoms with van der Waals surface area (Å²) in [6, 6.07) is 7.52. The number of amides is 1. The second-order valence-electron chi connectivity index (χ2n) is 7.98. The number of rotatable bonds is 5. The lowest BCUT2D eigenvalue weighted by Gasteiger charge is -2.23. The fourth-order valence-corrected chi connectivity index (χ4v) is 4.07. The third-order valence-electron chi connectivity index (χ3n) is 4.91. The summed E-state index contributed by atoms with van der Waals surface area (Å²) in [5.74, 6) is -0.217. The molecular weight excluding hydrogens is 376 g/mol. The van der Waals surface area contributed by atoms with Crippen LogP contribution < -0.4 is 10.1 Å². The van der Waals surface area contributed by atoms with Gasteiger partial charge < -0.3 is 15.5 Å². The fourth-order valence-electron chi connectivity index (χ4n) is 3.11. The van der Waals surface area contributed by atoms with Gasteiger partial charge in [0.25, 0.3) is 5.91 Å². The maximum Gasteiger partial charge on any atom is 0.251 e. The minimum Gasteiger partial charge on any atom is -0.394 e. The van der Waals surface area contributed by atoms with Gasteiger partial charge in [-0.3, -0.25) is 9.79 Å². The van der Waals surface area contributed by atoms with Crippen molar-refractivity contribution in [3.8, 4) is 10.6 Å². The van der Waals surface area contributed by atoms with Gasteiger partial charge in [-0.2, -0.15) is 5.10 Å². The minimum absolute atomic E-state index is 0.126. The number of carbonyl (C=O) groups is 1. The van der Waals surface area contributed by atoms with Crippen molar-refractivity contribution in [1.82, 2.24) is 15.1 Å². The van der Waals surface area contributed by atoms with Crippen LogP contribution in [0, 0.1) is 0 Å². The van der Waals surface area contributed by atoms with E-state index in [-0.39, 0.29) is 24.7 Å². The number of aliphatic hydroxyl groups excluding tert-OH is 2. The van der Waals surface area contributed by atoms with E-state index in [1.54, 1.807) is 30.7 Å². The molecule has 1 aliphatic rings. The standard InChI is InChI=1S/C20H28N4O3S/c1-20(2,12-25)22-17(27)13-4-6-14(7-5-13)18-23-24(3)19(28-18)21-15-8-10-16(26)11-9-15/h4-7,15-16,25-26H,8-12H2,1-3H3,(H,22,27)/b21-19+. The molecule has 1 fully saturated rings. The van der Waals surface area contributed by atoms with Gasteiger partial charge in [-0.05, 0) is 51.7 Å². The smallest absolute Gasteiger partial charge is 0.251 e. The van der Waals surface area contributed by atoms with Crippen LogP contribution in [-0.4, -0.2) is 50.2 Å². The first-order chi connectivity index (χ1) is 13.3. The Bertz CT molecular complexity index is 878. The molecule has 152 valence electrons. The van der Waals surface area contributed by atoms with Crippen molar-refractivity contribution in [2.75, 3.05) is 6.61 Å². The van der Waals surface area contributed by atoms with Gasteiger partial charge in [-0.15, -0.1) is 0 Å². The number of aliphatic hydroxyl groups is 2.